The molecule has 0 saturated heterocycles. The molecule has 0 fully saturated rings. The van der Waals surface area contributed by atoms with Crippen molar-refractivity contribution in [1.29, 1.82) is 0 Å². The molecule has 0 aliphatic carbocycles. The molecular weight excluding hydrogens is 282 g/mol. The van der Waals surface area contributed by atoms with Gasteiger partial charge in [-0.3, -0.25) is 4.79 Å². The number of hydrogen-bond acceptors (Lipinski definition) is 4. The molecule has 0 radical (unpaired) electrons. The average molecular weight is 297 g/mol. The van der Waals surface area contributed by atoms with Crippen LogP contribution in [0.5, 0.6) is 0 Å². The van der Waals surface area contributed by atoms with E-state index in [4.69, 9.17) is 9.15 Å². The summed E-state index contributed by atoms with van der Waals surface area (Å²) in [6.07, 6.45) is 0.597. The van der Waals surface area contributed by atoms with Crippen molar-refractivity contribution < 1.29 is 18.7 Å². The van der Waals surface area contributed by atoms with Crippen LogP contribution in [0.1, 0.15) is 28.3 Å². The van der Waals surface area contributed by atoms with Crippen LogP contribution in [-0.2, 0) is 11.3 Å². The van der Waals surface area contributed by atoms with Gasteiger partial charge in [-0.05, 0) is 23.6 Å². The third kappa shape index (κ3) is 5.17. The van der Waals surface area contributed by atoms with Gasteiger partial charge >= 0.3 is 6.09 Å². The lowest BCUT2D eigenvalue weighted by Gasteiger charge is -2.05. The van der Waals surface area contributed by atoms with E-state index in [0.717, 1.165) is 5.56 Å². The van der Waals surface area contributed by atoms with Crippen molar-refractivity contribution in [2.45, 2.75) is 13.0 Å². The van der Waals surface area contributed by atoms with Gasteiger partial charge in [0, 0.05) is 13.0 Å². The Morgan fingerprint density at radius 3 is 2.77 bits per heavy atom. The van der Waals surface area contributed by atoms with Crippen LogP contribution in [0.15, 0.2) is 46.9 Å². The summed E-state index contributed by atoms with van der Waals surface area (Å²) in [6, 6.07) is 12.6. The van der Waals surface area contributed by atoms with Gasteiger partial charge in [-0.2, -0.15) is 0 Å². The van der Waals surface area contributed by atoms with Gasteiger partial charge in [0.05, 0.1) is 0 Å². The smallest absolute Gasteiger partial charge is 0.407 e. The van der Waals surface area contributed by atoms with Crippen LogP contribution in [0.2, 0.25) is 0 Å². The zero-order valence-corrected chi connectivity index (χ0v) is 11.9. The molecule has 0 atom stereocenters. The molecule has 1 amide bonds. The Bertz CT molecular complexity index is 679. The van der Waals surface area contributed by atoms with Crippen LogP contribution in [0.25, 0.3) is 0 Å². The monoisotopic (exact) mass is 297 g/mol. The zero-order valence-electron chi connectivity index (χ0n) is 11.9. The highest BCUT2D eigenvalue weighted by Gasteiger charge is 2.01. The maximum atomic E-state index is 11.5. The summed E-state index contributed by atoms with van der Waals surface area (Å²) in [7, 11) is 0. The van der Waals surface area contributed by atoms with Crippen molar-refractivity contribution >= 4 is 12.4 Å². The van der Waals surface area contributed by atoms with E-state index in [0.29, 0.717) is 25.0 Å². The number of ether oxygens (including phenoxy) is 1. The molecule has 22 heavy (non-hydrogen) atoms. The van der Waals surface area contributed by atoms with Gasteiger partial charge in [0.15, 0.2) is 17.8 Å². The van der Waals surface area contributed by atoms with Crippen LogP contribution < -0.4 is 5.32 Å². The Hall–Kier alpha value is -3.00. The number of carbonyl (C=O) groups excluding carboxylic acids is 2. The molecule has 5 nitrogen and oxygen atoms in total. The van der Waals surface area contributed by atoms with Crippen LogP contribution in [-0.4, -0.2) is 18.9 Å². The second-order valence-electron chi connectivity index (χ2n) is 4.36. The van der Waals surface area contributed by atoms with E-state index in [1.165, 1.54) is 0 Å². The quantitative estimate of drug-likeness (QED) is 0.523. The van der Waals surface area contributed by atoms with Crippen LogP contribution >= 0.6 is 0 Å². The molecule has 0 aliphatic rings. The molecule has 5 heteroatoms. The Morgan fingerprint density at radius 2 is 2.05 bits per heavy atom. The average Bonchev–Trinajstić information content (AvgIpc) is 3.01. The van der Waals surface area contributed by atoms with E-state index in [2.05, 4.69) is 17.2 Å². The van der Waals surface area contributed by atoms with Gasteiger partial charge in [0.1, 0.15) is 6.61 Å². The summed E-state index contributed by atoms with van der Waals surface area (Å²) < 4.78 is 10.1. The summed E-state index contributed by atoms with van der Waals surface area (Å²) in [5.41, 5.74) is 0.932. The Morgan fingerprint density at radius 1 is 1.23 bits per heavy atom. The third-order valence-electron chi connectivity index (χ3n) is 2.69. The first-order valence-corrected chi connectivity index (χ1v) is 6.76. The SMILES string of the molecule is O=Cc1ccc(C#CCCNC(=O)OCc2ccccc2)o1. The van der Waals surface area contributed by atoms with Gasteiger partial charge in [-0.15, -0.1) is 0 Å². The lowest BCUT2D eigenvalue weighted by molar-refractivity contribution is 0.110. The molecule has 1 heterocycles. The highest BCUT2D eigenvalue weighted by Crippen LogP contribution is 2.03. The molecule has 0 unspecified atom stereocenters. The van der Waals surface area contributed by atoms with E-state index in [-0.39, 0.29) is 12.4 Å². The zero-order chi connectivity index (χ0) is 15.6. The Labute approximate surface area is 128 Å². The summed E-state index contributed by atoms with van der Waals surface area (Å²) in [5.74, 6) is 6.27. The first-order chi connectivity index (χ1) is 10.8. The van der Waals surface area contributed by atoms with Gasteiger partial charge in [-0.1, -0.05) is 36.3 Å². The minimum Gasteiger partial charge on any atom is -0.445 e. The molecule has 1 aromatic heterocycles. The Kier molecular flexibility index (Phi) is 5.82. The van der Waals surface area contributed by atoms with Crippen molar-refractivity contribution in [3.63, 3.8) is 0 Å². The van der Waals surface area contributed by atoms with Crippen LogP contribution in [0.3, 0.4) is 0 Å². The van der Waals surface area contributed by atoms with Gasteiger partial charge in [-0.25, -0.2) is 4.79 Å². The van der Waals surface area contributed by atoms with Crippen molar-refractivity contribution in [1.82, 2.24) is 5.32 Å². The molecule has 0 spiro atoms. The number of rotatable bonds is 5. The fourth-order valence-electron chi connectivity index (χ4n) is 1.63. The molecular formula is C17H15NO4. The minimum absolute atomic E-state index is 0.235. The maximum absolute atomic E-state index is 11.5. The number of hydrogen-bond donors (Lipinski definition) is 1. The first-order valence-electron chi connectivity index (χ1n) is 6.76. The third-order valence-corrected chi connectivity index (χ3v) is 2.69. The van der Waals surface area contributed by atoms with E-state index < -0.39 is 6.09 Å². The number of amides is 1. The van der Waals surface area contributed by atoms with E-state index >= 15 is 0 Å². The van der Waals surface area contributed by atoms with Gasteiger partial charge in [0.2, 0.25) is 0 Å². The predicted molar refractivity (Wildman–Crippen MR) is 80.2 cm³/mol. The topological polar surface area (TPSA) is 68.5 Å². The summed E-state index contributed by atoms with van der Waals surface area (Å²) in [5, 5.41) is 2.61. The van der Waals surface area contributed by atoms with Gasteiger partial charge < -0.3 is 14.5 Å². The number of alkyl carbamates (subject to hydrolysis) is 1. The van der Waals surface area contributed by atoms with Crippen molar-refractivity contribution in [2.75, 3.05) is 6.54 Å². The lowest BCUT2D eigenvalue weighted by atomic mass is 10.2. The minimum atomic E-state index is -0.480. The highest BCUT2D eigenvalue weighted by molar-refractivity contribution is 5.70. The van der Waals surface area contributed by atoms with Crippen LogP contribution in [0.4, 0.5) is 4.79 Å². The molecule has 1 N–H and O–H groups in total. The molecule has 1 aromatic carbocycles. The normalized spacial score (nSPS) is 9.45. The highest BCUT2D eigenvalue weighted by atomic mass is 16.5. The Balaban J connectivity index is 1.64. The fourth-order valence-corrected chi connectivity index (χ4v) is 1.63. The number of nitrogens with one attached hydrogen (secondary N) is 1. The maximum Gasteiger partial charge on any atom is 0.407 e. The fraction of sp³-hybridized carbons (Fsp3) is 0.176. The summed E-state index contributed by atoms with van der Waals surface area (Å²) in [6.45, 7) is 0.612. The summed E-state index contributed by atoms with van der Waals surface area (Å²) in [4.78, 5) is 21.9. The molecule has 2 rings (SSSR count). The van der Waals surface area contributed by atoms with Crippen molar-refractivity contribution in [2.24, 2.45) is 0 Å². The largest absolute Gasteiger partial charge is 0.445 e. The molecule has 112 valence electrons. The van der Waals surface area contributed by atoms with E-state index in [9.17, 15) is 9.59 Å². The molecule has 2 aromatic rings. The van der Waals surface area contributed by atoms with Gasteiger partial charge in [0.25, 0.3) is 0 Å². The standard InChI is InChI=1S/C17H15NO4/c19-12-16-10-9-15(22-16)8-4-5-11-18-17(20)21-13-14-6-2-1-3-7-14/h1-3,6-7,9-10,12H,5,11,13H2,(H,18,20). The second kappa shape index (κ2) is 8.32. The van der Waals surface area contributed by atoms with Crippen molar-refractivity contribution in [3.05, 3.63) is 59.5 Å². The molecule has 0 bridgehead atoms. The lowest BCUT2D eigenvalue weighted by Crippen LogP contribution is -2.24. The molecule has 0 aliphatic heterocycles. The first kappa shape index (κ1) is 15.4. The number of carbonyl (C=O) groups is 2. The second-order valence-corrected chi connectivity index (χ2v) is 4.36. The van der Waals surface area contributed by atoms with Crippen molar-refractivity contribution in [3.8, 4) is 11.8 Å². The predicted octanol–water partition coefficient (Wildman–Crippen LogP) is 2.76. The summed E-state index contributed by atoms with van der Waals surface area (Å²) >= 11 is 0. The number of furan rings is 1. The number of aldehydes is 1. The van der Waals surface area contributed by atoms with E-state index in [1.807, 2.05) is 30.3 Å². The molecule has 0 saturated carbocycles. The number of benzene rings is 1. The van der Waals surface area contributed by atoms with Crippen LogP contribution in [0, 0.1) is 11.8 Å². The van der Waals surface area contributed by atoms with E-state index in [1.54, 1.807) is 12.1 Å².